The summed E-state index contributed by atoms with van der Waals surface area (Å²) >= 11 is 0. The van der Waals surface area contributed by atoms with Gasteiger partial charge in [0.1, 0.15) is 0 Å². The van der Waals surface area contributed by atoms with Crippen LogP contribution in [0.25, 0.3) is 0 Å². The fourth-order valence-electron chi connectivity index (χ4n) is 5.13. The van der Waals surface area contributed by atoms with Crippen LogP contribution in [-0.4, -0.2) is 46.1 Å². The van der Waals surface area contributed by atoms with Crippen LogP contribution < -0.4 is 5.32 Å². The van der Waals surface area contributed by atoms with Crippen LogP contribution in [0, 0.1) is 0 Å². The van der Waals surface area contributed by atoms with Crippen LogP contribution >= 0.6 is 0 Å². The van der Waals surface area contributed by atoms with Gasteiger partial charge in [0.15, 0.2) is 0 Å². The minimum Gasteiger partial charge on any atom is -0.394 e. The molecule has 0 bridgehead atoms. The molecule has 0 aromatic rings. The topological polar surface area (TPSA) is 89.8 Å². The summed E-state index contributed by atoms with van der Waals surface area (Å²) in [5.41, 5.74) is 0. The van der Waals surface area contributed by atoms with Crippen molar-refractivity contribution < 1.29 is 20.1 Å². The summed E-state index contributed by atoms with van der Waals surface area (Å²) in [4.78, 5) is 12.3. The fourth-order valence-corrected chi connectivity index (χ4v) is 5.13. The summed E-state index contributed by atoms with van der Waals surface area (Å²) in [6.45, 7) is 4.14. The average molecular weight is 592 g/mol. The van der Waals surface area contributed by atoms with Crippen molar-refractivity contribution in [2.75, 3.05) is 6.61 Å². The fraction of sp³-hybridized carbons (Fsp3) is 0.811. The Kier molecular flexibility index (Phi) is 31.4. The first-order valence-electron chi connectivity index (χ1n) is 17.8. The molecule has 3 unspecified atom stereocenters. The number of nitrogens with one attached hydrogen (secondary N) is 1. The van der Waals surface area contributed by atoms with Gasteiger partial charge in [-0.2, -0.15) is 0 Å². The number of aliphatic hydroxyl groups excluding tert-OH is 3. The van der Waals surface area contributed by atoms with Crippen LogP contribution in [0.1, 0.15) is 168 Å². The van der Waals surface area contributed by atoms with Gasteiger partial charge >= 0.3 is 0 Å². The van der Waals surface area contributed by atoms with Gasteiger partial charge in [-0.25, -0.2) is 0 Å². The van der Waals surface area contributed by atoms with Crippen molar-refractivity contribution in [2.45, 2.75) is 186 Å². The first-order chi connectivity index (χ1) is 20.5. The molecule has 0 aliphatic carbocycles. The van der Waals surface area contributed by atoms with Crippen LogP contribution in [0.3, 0.4) is 0 Å². The quantitative estimate of drug-likeness (QED) is 0.0478. The highest BCUT2D eigenvalue weighted by Crippen LogP contribution is 2.14. The Morgan fingerprint density at radius 3 is 1.52 bits per heavy atom. The third-order valence-corrected chi connectivity index (χ3v) is 7.91. The summed E-state index contributed by atoms with van der Waals surface area (Å²) in [7, 11) is 0. The lowest BCUT2D eigenvalue weighted by Gasteiger charge is -2.21. The number of carbonyl (C=O) groups is 1. The van der Waals surface area contributed by atoms with Gasteiger partial charge in [0, 0.05) is 0 Å². The maximum atomic E-state index is 12.3. The molecule has 0 fully saturated rings. The SMILES string of the molecule is CCCCC/C=C/CC/C=C/CC/C=C/C(O)C(CO)NC(=O)CC(O)CCCCCCCCCCCCCCCC. The minimum atomic E-state index is -0.955. The normalized spacial score (nSPS) is 14.3. The predicted molar refractivity (Wildman–Crippen MR) is 181 cm³/mol. The molecule has 0 radical (unpaired) electrons. The molecular formula is C37H69NO4. The van der Waals surface area contributed by atoms with Crippen molar-refractivity contribution in [3.63, 3.8) is 0 Å². The molecule has 0 saturated carbocycles. The molecule has 0 saturated heterocycles. The van der Waals surface area contributed by atoms with Gasteiger partial charge in [-0.15, -0.1) is 0 Å². The largest absolute Gasteiger partial charge is 0.394 e. The number of unbranched alkanes of at least 4 members (excludes halogenated alkanes) is 18. The van der Waals surface area contributed by atoms with E-state index in [1.165, 1.54) is 103 Å². The minimum absolute atomic E-state index is 0.00407. The van der Waals surface area contributed by atoms with Gasteiger partial charge in [-0.3, -0.25) is 4.79 Å². The number of carbonyl (C=O) groups excluding carboxylic acids is 1. The van der Waals surface area contributed by atoms with Crippen molar-refractivity contribution in [2.24, 2.45) is 0 Å². The molecule has 3 atom stereocenters. The van der Waals surface area contributed by atoms with Crippen LogP contribution in [0.5, 0.6) is 0 Å². The van der Waals surface area contributed by atoms with Gasteiger partial charge < -0.3 is 20.6 Å². The highest BCUT2D eigenvalue weighted by molar-refractivity contribution is 5.76. The van der Waals surface area contributed by atoms with Gasteiger partial charge in [0.2, 0.25) is 5.91 Å². The first-order valence-corrected chi connectivity index (χ1v) is 17.8. The lowest BCUT2D eigenvalue weighted by Crippen LogP contribution is -2.45. The summed E-state index contributed by atoms with van der Waals surface area (Å²) in [6, 6.07) is -0.762. The number of hydrogen-bond acceptors (Lipinski definition) is 4. The Balaban J connectivity index is 3.81. The molecule has 0 aliphatic heterocycles. The highest BCUT2D eigenvalue weighted by Gasteiger charge is 2.20. The highest BCUT2D eigenvalue weighted by atomic mass is 16.3. The Bertz CT molecular complexity index is 660. The maximum Gasteiger partial charge on any atom is 0.222 e. The van der Waals surface area contributed by atoms with Crippen LogP contribution in [0.2, 0.25) is 0 Å². The Morgan fingerprint density at radius 2 is 1.02 bits per heavy atom. The summed E-state index contributed by atoms with van der Waals surface area (Å²) in [6.07, 6.45) is 38.3. The zero-order valence-electron chi connectivity index (χ0n) is 27.6. The molecule has 0 rings (SSSR count). The zero-order chi connectivity index (χ0) is 30.9. The zero-order valence-corrected chi connectivity index (χ0v) is 27.6. The van der Waals surface area contributed by atoms with E-state index in [1.807, 2.05) is 6.08 Å². The molecule has 42 heavy (non-hydrogen) atoms. The summed E-state index contributed by atoms with van der Waals surface area (Å²) in [5.74, 6) is -0.332. The Morgan fingerprint density at radius 1 is 0.595 bits per heavy atom. The third kappa shape index (κ3) is 28.7. The Hall–Kier alpha value is -1.43. The van der Waals surface area contributed by atoms with Crippen molar-refractivity contribution in [1.82, 2.24) is 5.32 Å². The lowest BCUT2D eigenvalue weighted by molar-refractivity contribution is -0.124. The summed E-state index contributed by atoms with van der Waals surface area (Å²) < 4.78 is 0. The maximum absolute atomic E-state index is 12.3. The van der Waals surface area contributed by atoms with E-state index in [2.05, 4.69) is 43.5 Å². The molecule has 0 spiro atoms. The van der Waals surface area contributed by atoms with Crippen LogP contribution in [-0.2, 0) is 4.79 Å². The van der Waals surface area contributed by atoms with Crippen LogP contribution in [0.4, 0.5) is 0 Å². The molecule has 5 nitrogen and oxygen atoms in total. The van der Waals surface area contributed by atoms with E-state index in [1.54, 1.807) is 6.08 Å². The monoisotopic (exact) mass is 592 g/mol. The van der Waals surface area contributed by atoms with E-state index in [0.717, 1.165) is 38.5 Å². The first kappa shape index (κ1) is 40.6. The molecular weight excluding hydrogens is 522 g/mol. The van der Waals surface area contributed by atoms with E-state index in [0.29, 0.717) is 6.42 Å². The van der Waals surface area contributed by atoms with Crippen molar-refractivity contribution in [3.8, 4) is 0 Å². The van der Waals surface area contributed by atoms with E-state index in [4.69, 9.17) is 0 Å². The van der Waals surface area contributed by atoms with Gasteiger partial charge in [0.05, 0.1) is 31.3 Å². The van der Waals surface area contributed by atoms with Crippen molar-refractivity contribution in [3.05, 3.63) is 36.5 Å². The third-order valence-electron chi connectivity index (χ3n) is 7.91. The number of rotatable bonds is 31. The van der Waals surface area contributed by atoms with E-state index in [9.17, 15) is 20.1 Å². The smallest absolute Gasteiger partial charge is 0.222 e. The molecule has 5 heteroatoms. The Labute approximate surface area is 260 Å². The van der Waals surface area contributed by atoms with Crippen LogP contribution in [0.15, 0.2) is 36.5 Å². The summed E-state index contributed by atoms with van der Waals surface area (Å²) in [5, 5.41) is 32.9. The number of hydrogen-bond donors (Lipinski definition) is 4. The lowest BCUT2D eigenvalue weighted by atomic mass is 10.0. The molecule has 0 aromatic heterocycles. The second-order valence-electron chi connectivity index (χ2n) is 12.1. The molecule has 1 amide bonds. The standard InChI is InChI=1S/C37H69NO4/c1-3-5-7-9-11-13-15-17-19-20-22-24-26-28-30-34(40)32-37(42)38-35(33-39)36(41)31-29-27-25-23-21-18-16-14-12-10-8-6-4-2/h12,14,21,23,29,31,34-36,39-41H,3-11,13,15-20,22,24-28,30,32-33H2,1-2H3,(H,38,42)/b14-12+,23-21+,31-29+. The van der Waals surface area contributed by atoms with E-state index >= 15 is 0 Å². The molecule has 0 aromatic carbocycles. The number of amides is 1. The van der Waals surface area contributed by atoms with Gasteiger partial charge in [0.25, 0.3) is 0 Å². The average Bonchev–Trinajstić information content (AvgIpc) is 2.98. The molecule has 4 N–H and O–H groups in total. The second kappa shape index (κ2) is 32.5. The second-order valence-corrected chi connectivity index (χ2v) is 12.1. The number of aliphatic hydroxyl groups is 3. The predicted octanol–water partition coefficient (Wildman–Crippen LogP) is 9.26. The molecule has 0 aliphatic rings. The molecule has 0 heterocycles. The number of allylic oxidation sites excluding steroid dienone is 5. The molecule has 246 valence electrons. The van der Waals surface area contributed by atoms with Crippen molar-refractivity contribution in [1.29, 1.82) is 0 Å². The van der Waals surface area contributed by atoms with Gasteiger partial charge in [-0.1, -0.05) is 153 Å². The van der Waals surface area contributed by atoms with E-state index < -0.39 is 18.2 Å². The van der Waals surface area contributed by atoms with Gasteiger partial charge in [-0.05, 0) is 44.9 Å². The van der Waals surface area contributed by atoms with Crippen molar-refractivity contribution >= 4 is 5.91 Å². The van der Waals surface area contributed by atoms with E-state index in [-0.39, 0.29) is 18.9 Å².